The van der Waals surface area contributed by atoms with Gasteiger partial charge in [0.15, 0.2) is 10.5 Å². The van der Waals surface area contributed by atoms with Gasteiger partial charge in [0.2, 0.25) is 0 Å². The summed E-state index contributed by atoms with van der Waals surface area (Å²) in [6.07, 6.45) is 0. The predicted octanol–water partition coefficient (Wildman–Crippen LogP) is 1.36. The van der Waals surface area contributed by atoms with Crippen LogP contribution >= 0.6 is 35.1 Å². The largest absolute Gasteiger partial charge is 0.329 e. The molecule has 1 amide bonds. The highest BCUT2D eigenvalue weighted by molar-refractivity contribution is 7.71. The summed E-state index contributed by atoms with van der Waals surface area (Å²) < 4.78 is 5.19. The van der Waals surface area contributed by atoms with Crippen molar-refractivity contribution in [1.29, 1.82) is 0 Å². The molecule has 0 fully saturated rings. The number of amides is 1. The van der Waals surface area contributed by atoms with Crippen LogP contribution in [-0.4, -0.2) is 25.2 Å². The minimum atomic E-state index is -0.536. The van der Waals surface area contributed by atoms with Gasteiger partial charge in [0.05, 0.1) is 5.52 Å². The van der Waals surface area contributed by atoms with E-state index in [2.05, 4.69) is 20.0 Å². The van der Waals surface area contributed by atoms with Crippen LogP contribution < -0.4 is 11.0 Å². The fourth-order valence-corrected chi connectivity index (χ4v) is 2.92. The van der Waals surface area contributed by atoms with Gasteiger partial charge in [-0.2, -0.15) is 4.68 Å². The normalized spacial score (nSPS) is 10.7. The summed E-state index contributed by atoms with van der Waals surface area (Å²) in [7, 11) is 0. The number of H-pyrrole nitrogens is 1. The average molecular weight is 311 g/mol. The second-order valence-electron chi connectivity index (χ2n) is 3.47. The lowest BCUT2D eigenvalue weighted by Gasteiger charge is -2.06. The number of aromatic nitrogens is 4. The standard InChI is InChI=1S/C9H5N5O2S3/c15-7(5-3-19-13-11-5)12-14-8(16)6-4(1-2-18-6)10-9(14)17/h1-3H,(H,10,17)(H,12,15). The van der Waals surface area contributed by atoms with Gasteiger partial charge < -0.3 is 4.98 Å². The smallest absolute Gasteiger partial charge is 0.291 e. The number of fused-ring (bicyclic) bond motifs is 1. The third kappa shape index (κ3) is 2.09. The number of thiophene rings is 1. The molecule has 7 nitrogen and oxygen atoms in total. The van der Waals surface area contributed by atoms with Crippen molar-refractivity contribution in [1.82, 2.24) is 19.2 Å². The van der Waals surface area contributed by atoms with E-state index in [1.54, 1.807) is 11.4 Å². The molecule has 10 heteroatoms. The maximum Gasteiger partial charge on any atom is 0.291 e. The number of hydrogen-bond donors (Lipinski definition) is 2. The van der Waals surface area contributed by atoms with Gasteiger partial charge in [-0.15, -0.1) is 16.4 Å². The van der Waals surface area contributed by atoms with Crippen molar-refractivity contribution >= 4 is 51.2 Å². The van der Waals surface area contributed by atoms with E-state index >= 15 is 0 Å². The molecule has 3 aromatic heterocycles. The number of carbonyl (C=O) groups excluding carboxylic acids is 1. The SMILES string of the molecule is O=C(Nn1c(=S)[nH]c2ccsc2c1=O)c1csnn1. The molecule has 0 aromatic carbocycles. The number of rotatable bonds is 2. The highest BCUT2D eigenvalue weighted by atomic mass is 32.1. The number of aromatic amines is 1. The van der Waals surface area contributed by atoms with Crippen molar-refractivity contribution in [2.45, 2.75) is 0 Å². The molecule has 0 unspecified atom stereocenters. The third-order valence-corrected chi connectivity index (χ3v) is 4.00. The van der Waals surface area contributed by atoms with E-state index in [0.29, 0.717) is 10.2 Å². The predicted molar refractivity (Wildman–Crippen MR) is 74.9 cm³/mol. The molecule has 3 aromatic rings. The Labute approximate surface area is 118 Å². The fraction of sp³-hybridized carbons (Fsp3) is 0. The number of nitrogens with one attached hydrogen (secondary N) is 2. The second kappa shape index (κ2) is 4.64. The van der Waals surface area contributed by atoms with E-state index in [0.717, 1.165) is 16.2 Å². The van der Waals surface area contributed by atoms with E-state index in [1.807, 2.05) is 0 Å². The number of hydrogen-bond acceptors (Lipinski definition) is 7. The molecular weight excluding hydrogens is 306 g/mol. The van der Waals surface area contributed by atoms with Crippen LogP contribution in [0.2, 0.25) is 0 Å². The van der Waals surface area contributed by atoms with Gasteiger partial charge >= 0.3 is 0 Å². The molecule has 3 rings (SSSR count). The summed E-state index contributed by atoms with van der Waals surface area (Å²) in [6, 6.07) is 1.76. The molecule has 0 radical (unpaired) electrons. The Hall–Kier alpha value is -1.91. The van der Waals surface area contributed by atoms with Crippen molar-refractivity contribution in [3.8, 4) is 0 Å². The van der Waals surface area contributed by atoms with Gasteiger partial charge in [-0.1, -0.05) is 4.49 Å². The van der Waals surface area contributed by atoms with Crippen LogP contribution in [0.3, 0.4) is 0 Å². The highest BCUT2D eigenvalue weighted by Gasteiger charge is 2.12. The Bertz CT molecular complexity index is 860. The summed E-state index contributed by atoms with van der Waals surface area (Å²) in [5, 5.41) is 6.88. The van der Waals surface area contributed by atoms with Gasteiger partial charge in [0.25, 0.3) is 11.5 Å². The molecule has 0 saturated heterocycles. The van der Waals surface area contributed by atoms with Crippen molar-refractivity contribution in [2.75, 3.05) is 5.43 Å². The lowest BCUT2D eigenvalue weighted by molar-refractivity contribution is 0.100. The minimum Gasteiger partial charge on any atom is -0.329 e. The Morgan fingerprint density at radius 2 is 2.37 bits per heavy atom. The zero-order chi connectivity index (χ0) is 13.4. The van der Waals surface area contributed by atoms with Crippen LogP contribution in [-0.2, 0) is 0 Å². The van der Waals surface area contributed by atoms with Crippen LogP contribution in [0, 0.1) is 4.77 Å². The first-order valence-corrected chi connectivity index (χ1v) is 7.10. The van der Waals surface area contributed by atoms with E-state index < -0.39 is 5.91 Å². The molecule has 0 atom stereocenters. The minimum absolute atomic E-state index is 0.118. The Morgan fingerprint density at radius 3 is 3.11 bits per heavy atom. The van der Waals surface area contributed by atoms with Crippen molar-refractivity contribution < 1.29 is 4.79 Å². The summed E-state index contributed by atoms with van der Waals surface area (Å²) in [4.78, 5) is 26.9. The van der Waals surface area contributed by atoms with Gasteiger partial charge in [-0.05, 0) is 35.2 Å². The van der Waals surface area contributed by atoms with Gasteiger partial charge in [-0.3, -0.25) is 15.0 Å². The monoisotopic (exact) mass is 311 g/mol. The third-order valence-electron chi connectivity index (χ3n) is 2.31. The molecule has 3 heterocycles. The zero-order valence-electron chi connectivity index (χ0n) is 9.11. The van der Waals surface area contributed by atoms with Crippen molar-refractivity contribution in [3.05, 3.63) is 37.6 Å². The van der Waals surface area contributed by atoms with Crippen molar-refractivity contribution in [2.24, 2.45) is 0 Å². The first-order valence-electron chi connectivity index (χ1n) is 4.98. The molecule has 0 aliphatic heterocycles. The van der Waals surface area contributed by atoms with E-state index in [-0.39, 0.29) is 16.0 Å². The van der Waals surface area contributed by atoms with Crippen molar-refractivity contribution in [3.63, 3.8) is 0 Å². The molecule has 0 aliphatic carbocycles. The van der Waals surface area contributed by atoms with E-state index in [1.165, 1.54) is 16.7 Å². The highest BCUT2D eigenvalue weighted by Crippen LogP contribution is 2.13. The molecule has 0 aliphatic rings. The summed E-state index contributed by atoms with van der Waals surface area (Å²) in [6.45, 7) is 0. The summed E-state index contributed by atoms with van der Waals surface area (Å²) >= 11 is 7.37. The van der Waals surface area contributed by atoms with E-state index in [4.69, 9.17) is 12.2 Å². The Balaban J connectivity index is 2.08. The van der Waals surface area contributed by atoms with Crippen LogP contribution in [0.5, 0.6) is 0 Å². The Morgan fingerprint density at radius 1 is 1.53 bits per heavy atom. The quantitative estimate of drug-likeness (QED) is 0.697. The Kier molecular flexibility index (Phi) is 2.97. The summed E-state index contributed by atoms with van der Waals surface area (Å²) in [5.41, 5.74) is 2.82. The van der Waals surface area contributed by atoms with Gasteiger partial charge in [-0.25, -0.2) is 0 Å². The number of carbonyl (C=O) groups is 1. The molecule has 19 heavy (non-hydrogen) atoms. The topological polar surface area (TPSA) is 92.7 Å². The number of nitrogens with zero attached hydrogens (tertiary/aromatic N) is 3. The van der Waals surface area contributed by atoms with Crippen LogP contribution in [0.25, 0.3) is 10.2 Å². The van der Waals surface area contributed by atoms with E-state index in [9.17, 15) is 9.59 Å². The molecular formula is C9H5N5O2S3. The maximum atomic E-state index is 12.2. The van der Waals surface area contributed by atoms with Crippen LogP contribution in [0.15, 0.2) is 21.6 Å². The fourth-order valence-electron chi connectivity index (χ4n) is 1.46. The molecule has 2 N–H and O–H groups in total. The first-order chi connectivity index (χ1) is 9.16. The molecule has 0 bridgehead atoms. The van der Waals surface area contributed by atoms with Crippen LogP contribution in [0.4, 0.5) is 0 Å². The second-order valence-corrected chi connectivity index (χ2v) is 5.38. The van der Waals surface area contributed by atoms with Gasteiger partial charge in [0.1, 0.15) is 4.70 Å². The zero-order valence-corrected chi connectivity index (χ0v) is 11.6. The molecule has 0 spiro atoms. The van der Waals surface area contributed by atoms with Crippen LogP contribution in [0.1, 0.15) is 10.5 Å². The molecule has 96 valence electrons. The maximum absolute atomic E-state index is 12.2. The summed E-state index contributed by atoms with van der Waals surface area (Å²) in [5.74, 6) is -0.536. The lowest BCUT2D eigenvalue weighted by Crippen LogP contribution is -2.34. The average Bonchev–Trinajstić information content (AvgIpc) is 3.04. The molecule has 0 saturated carbocycles. The first kappa shape index (κ1) is 12.1. The van der Waals surface area contributed by atoms with Gasteiger partial charge in [0, 0.05) is 5.38 Å². The lowest BCUT2D eigenvalue weighted by atomic mass is 10.5.